The Morgan fingerprint density at radius 3 is 2.96 bits per heavy atom. The van der Waals surface area contributed by atoms with Crippen molar-refractivity contribution < 1.29 is 9.53 Å². The van der Waals surface area contributed by atoms with Crippen molar-refractivity contribution in [2.45, 2.75) is 12.6 Å². The van der Waals surface area contributed by atoms with Gasteiger partial charge in [-0.05, 0) is 17.7 Å². The van der Waals surface area contributed by atoms with Crippen LogP contribution >= 0.6 is 0 Å². The second kappa shape index (κ2) is 7.25. The van der Waals surface area contributed by atoms with E-state index < -0.39 is 0 Å². The van der Waals surface area contributed by atoms with E-state index >= 15 is 0 Å². The zero-order chi connectivity index (χ0) is 17.1. The van der Waals surface area contributed by atoms with Crippen LogP contribution in [0.3, 0.4) is 0 Å². The Bertz CT molecular complexity index is 712. The van der Waals surface area contributed by atoms with Gasteiger partial charge in [0.25, 0.3) is 5.91 Å². The summed E-state index contributed by atoms with van der Waals surface area (Å²) in [5, 5.41) is 0. The van der Waals surface area contributed by atoms with E-state index in [9.17, 15) is 4.79 Å². The maximum atomic E-state index is 12.6. The first kappa shape index (κ1) is 16.1. The Kier molecular flexibility index (Phi) is 4.67. The van der Waals surface area contributed by atoms with Crippen LogP contribution < -0.4 is 0 Å². The number of amides is 1. The average molecular weight is 339 g/mol. The van der Waals surface area contributed by atoms with Gasteiger partial charge >= 0.3 is 0 Å². The molecule has 7 nitrogen and oxygen atoms in total. The number of fused-ring (bicyclic) bond motifs is 1. The molecule has 4 rings (SSSR count). The summed E-state index contributed by atoms with van der Waals surface area (Å²) in [7, 11) is 0. The van der Waals surface area contributed by atoms with Crippen LogP contribution in [0.15, 0.2) is 43.1 Å². The fraction of sp³-hybridized carbons (Fsp3) is 0.444. The molecular weight excluding hydrogens is 318 g/mol. The molecule has 25 heavy (non-hydrogen) atoms. The zero-order valence-electron chi connectivity index (χ0n) is 14.0. The van der Waals surface area contributed by atoms with Crippen molar-refractivity contribution in [1.29, 1.82) is 0 Å². The topological polar surface area (TPSA) is 71.5 Å². The second-order valence-electron chi connectivity index (χ2n) is 6.57. The molecule has 0 radical (unpaired) electrons. The number of ether oxygens (including phenoxy) is 1. The van der Waals surface area contributed by atoms with Crippen molar-refractivity contribution in [3.63, 3.8) is 0 Å². The minimum atomic E-state index is -0.0436. The van der Waals surface area contributed by atoms with Gasteiger partial charge in [-0.3, -0.25) is 14.7 Å². The van der Waals surface area contributed by atoms with Gasteiger partial charge in [0.15, 0.2) is 0 Å². The number of likely N-dealkylation sites (tertiary alicyclic amines) is 1. The number of carbonyl (C=O) groups excluding carboxylic acids is 1. The summed E-state index contributed by atoms with van der Waals surface area (Å²) in [5.41, 5.74) is 1.64. The summed E-state index contributed by atoms with van der Waals surface area (Å²) in [4.78, 5) is 29.0. The molecule has 0 aliphatic carbocycles. The van der Waals surface area contributed by atoms with E-state index in [0.29, 0.717) is 31.3 Å². The third-order valence-corrected chi connectivity index (χ3v) is 4.83. The van der Waals surface area contributed by atoms with Crippen molar-refractivity contribution in [1.82, 2.24) is 24.8 Å². The monoisotopic (exact) mass is 339 g/mol. The van der Waals surface area contributed by atoms with Crippen LogP contribution in [-0.2, 0) is 11.3 Å². The van der Waals surface area contributed by atoms with Crippen LogP contribution in [0.1, 0.15) is 16.1 Å². The lowest BCUT2D eigenvalue weighted by Gasteiger charge is -2.23. The van der Waals surface area contributed by atoms with Gasteiger partial charge < -0.3 is 9.64 Å². The standard InChI is InChI=1S/C18H21N5O2/c24-18(16-3-5-20-13-21-16)23-11-15-10-22(6-7-25-17(15)12-23)9-14-2-1-4-19-8-14/h1-5,8,13,15,17H,6-7,9-12H2/t15-,17+/m0/s1. The number of nitrogens with zero attached hydrogens (tertiary/aromatic N) is 5. The SMILES string of the molecule is O=C(c1ccncn1)N1C[C@@H]2CN(Cc3cccnc3)CCO[C@@H]2C1. The van der Waals surface area contributed by atoms with E-state index in [4.69, 9.17) is 4.74 Å². The molecule has 2 aromatic heterocycles. The fourth-order valence-corrected chi connectivity index (χ4v) is 3.60. The first-order valence-corrected chi connectivity index (χ1v) is 8.58. The van der Waals surface area contributed by atoms with Crippen LogP contribution in [0.2, 0.25) is 0 Å². The molecule has 2 fully saturated rings. The number of pyridine rings is 1. The van der Waals surface area contributed by atoms with E-state index in [2.05, 4.69) is 25.9 Å². The van der Waals surface area contributed by atoms with Gasteiger partial charge in [0, 0.05) is 57.2 Å². The highest BCUT2D eigenvalue weighted by atomic mass is 16.5. The number of hydrogen-bond acceptors (Lipinski definition) is 6. The summed E-state index contributed by atoms with van der Waals surface area (Å²) < 4.78 is 6.03. The van der Waals surface area contributed by atoms with Gasteiger partial charge in [-0.15, -0.1) is 0 Å². The summed E-state index contributed by atoms with van der Waals surface area (Å²) in [6, 6.07) is 5.71. The molecular formula is C18H21N5O2. The van der Waals surface area contributed by atoms with Crippen LogP contribution in [0.4, 0.5) is 0 Å². The summed E-state index contributed by atoms with van der Waals surface area (Å²) in [6.07, 6.45) is 6.81. The molecule has 1 amide bonds. The largest absolute Gasteiger partial charge is 0.375 e. The molecule has 0 N–H and O–H groups in total. The molecule has 2 aliphatic rings. The van der Waals surface area contributed by atoms with Gasteiger partial charge in [0.1, 0.15) is 12.0 Å². The maximum absolute atomic E-state index is 12.6. The smallest absolute Gasteiger partial charge is 0.272 e. The summed E-state index contributed by atoms with van der Waals surface area (Å²) >= 11 is 0. The van der Waals surface area contributed by atoms with Gasteiger partial charge in [0.2, 0.25) is 0 Å². The van der Waals surface area contributed by atoms with Crippen molar-refractivity contribution in [3.8, 4) is 0 Å². The van der Waals surface area contributed by atoms with Gasteiger partial charge in [0.05, 0.1) is 12.7 Å². The highest BCUT2D eigenvalue weighted by Gasteiger charge is 2.38. The van der Waals surface area contributed by atoms with Crippen LogP contribution in [0, 0.1) is 5.92 Å². The van der Waals surface area contributed by atoms with E-state index in [1.54, 1.807) is 18.5 Å². The predicted octanol–water partition coefficient (Wildman–Crippen LogP) is 0.845. The zero-order valence-corrected chi connectivity index (χ0v) is 14.0. The quantitative estimate of drug-likeness (QED) is 0.825. The van der Waals surface area contributed by atoms with Gasteiger partial charge in [-0.1, -0.05) is 6.07 Å². The van der Waals surface area contributed by atoms with Crippen molar-refractivity contribution in [3.05, 3.63) is 54.4 Å². The number of carbonyl (C=O) groups is 1. The molecule has 2 aliphatic heterocycles. The summed E-state index contributed by atoms with van der Waals surface area (Å²) in [6.45, 7) is 4.72. The number of aromatic nitrogens is 3. The second-order valence-corrected chi connectivity index (χ2v) is 6.57. The highest BCUT2D eigenvalue weighted by molar-refractivity contribution is 5.92. The minimum absolute atomic E-state index is 0.0436. The molecule has 0 spiro atoms. The normalized spacial score (nSPS) is 23.9. The number of rotatable bonds is 3. The van der Waals surface area contributed by atoms with E-state index in [-0.39, 0.29) is 12.0 Å². The van der Waals surface area contributed by atoms with E-state index in [1.165, 1.54) is 11.9 Å². The lowest BCUT2D eigenvalue weighted by Crippen LogP contribution is -2.34. The fourth-order valence-electron chi connectivity index (χ4n) is 3.60. The van der Waals surface area contributed by atoms with E-state index in [0.717, 1.165) is 19.6 Å². The first-order valence-electron chi connectivity index (χ1n) is 8.58. The average Bonchev–Trinajstić information content (AvgIpc) is 2.96. The molecule has 4 heterocycles. The molecule has 2 saturated heterocycles. The Balaban J connectivity index is 1.41. The van der Waals surface area contributed by atoms with Crippen molar-refractivity contribution in [2.24, 2.45) is 5.92 Å². The lowest BCUT2D eigenvalue weighted by molar-refractivity contribution is 0.0482. The Labute approximate surface area is 146 Å². The Hall–Kier alpha value is -2.38. The third kappa shape index (κ3) is 3.67. The first-order chi connectivity index (χ1) is 12.3. The summed E-state index contributed by atoms with van der Waals surface area (Å²) in [5.74, 6) is 0.280. The van der Waals surface area contributed by atoms with Crippen LogP contribution in [0.5, 0.6) is 0 Å². The maximum Gasteiger partial charge on any atom is 0.272 e. The Morgan fingerprint density at radius 1 is 1.20 bits per heavy atom. The van der Waals surface area contributed by atoms with Crippen LogP contribution in [-0.4, -0.2) is 69.5 Å². The van der Waals surface area contributed by atoms with Crippen molar-refractivity contribution in [2.75, 3.05) is 32.8 Å². The van der Waals surface area contributed by atoms with Gasteiger partial charge in [-0.2, -0.15) is 0 Å². The minimum Gasteiger partial charge on any atom is -0.375 e. The van der Waals surface area contributed by atoms with Gasteiger partial charge in [-0.25, -0.2) is 9.97 Å². The molecule has 0 saturated carbocycles. The van der Waals surface area contributed by atoms with Crippen LogP contribution in [0.25, 0.3) is 0 Å². The number of hydrogen-bond donors (Lipinski definition) is 0. The highest BCUT2D eigenvalue weighted by Crippen LogP contribution is 2.25. The molecule has 0 unspecified atom stereocenters. The van der Waals surface area contributed by atoms with E-state index in [1.807, 2.05) is 17.2 Å². The molecule has 130 valence electrons. The Morgan fingerprint density at radius 2 is 2.16 bits per heavy atom. The third-order valence-electron chi connectivity index (χ3n) is 4.83. The molecule has 2 aromatic rings. The molecule has 7 heteroatoms. The predicted molar refractivity (Wildman–Crippen MR) is 90.7 cm³/mol. The van der Waals surface area contributed by atoms with Crippen molar-refractivity contribution >= 4 is 5.91 Å². The molecule has 0 aromatic carbocycles. The molecule has 2 atom stereocenters. The lowest BCUT2D eigenvalue weighted by atomic mass is 10.1. The molecule has 0 bridgehead atoms.